The lowest BCUT2D eigenvalue weighted by atomic mass is 10.1. The zero-order valence-corrected chi connectivity index (χ0v) is 8.69. The summed E-state index contributed by atoms with van der Waals surface area (Å²) in [4.78, 5) is 26.9. The Morgan fingerprint density at radius 1 is 1.00 bits per heavy atom. The van der Waals surface area contributed by atoms with Gasteiger partial charge >= 0.3 is 5.69 Å². The third-order valence-electron chi connectivity index (χ3n) is 2.46. The molecule has 0 amide bonds. The summed E-state index contributed by atoms with van der Waals surface area (Å²) in [5.41, 5.74) is -0.232. The van der Waals surface area contributed by atoms with Crippen LogP contribution in [0.2, 0.25) is 0 Å². The predicted octanol–water partition coefficient (Wildman–Crippen LogP) is -1.42. The molecule has 2 heterocycles. The van der Waals surface area contributed by atoms with E-state index in [1.807, 2.05) is 0 Å². The van der Waals surface area contributed by atoms with Crippen molar-refractivity contribution in [1.29, 1.82) is 0 Å². The second-order valence-corrected chi connectivity index (χ2v) is 5.82. The largest absolute Gasteiger partial charge is 0.325 e. The lowest BCUT2D eigenvalue weighted by Gasteiger charge is -2.00. The van der Waals surface area contributed by atoms with Gasteiger partial charge in [-0.2, -0.15) is 0 Å². The number of rotatable bonds is 0. The number of fused-ring (bicyclic) bond motifs is 1. The number of nitrogens with one attached hydrogen (secondary N) is 2. The molecule has 15 heavy (non-hydrogen) atoms. The first-order chi connectivity index (χ1) is 6.98. The average molecular weight is 230 g/mol. The number of hydrogen-bond donors (Lipinski definition) is 2. The van der Waals surface area contributed by atoms with Gasteiger partial charge in [-0.1, -0.05) is 0 Å². The van der Waals surface area contributed by atoms with Gasteiger partial charge in [-0.05, 0) is 6.42 Å². The minimum atomic E-state index is -3.09. The van der Waals surface area contributed by atoms with Crippen LogP contribution in [0, 0.1) is 0 Å². The molecule has 0 radical (unpaired) electrons. The lowest BCUT2D eigenvalue weighted by molar-refractivity contribution is 0.596. The molecule has 2 N–H and O–H groups in total. The van der Waals surface area contributed by atoms with E-state index >= 15 is 0 Å². The molecular weight excluding hydrogens is 220 g/mol. The molecular formula is C8H10N2O4S. The van der Waals surface area contributed by atoms with Crippen LogP contribution in [-0.4, -0.2) is 29.9 Å². The van der Waals surface area contributed by atoms with Crippen molar-refractivity contribution >= 4 is 9.84 Å². The van der Waals surface area contributed by atoms with Crippen molar-refractivity contribution in [2.75, 3.05) is 11.5 Å². The maximum absolute atomic E-state index is 11.4. The quantitative estimate of drug-likeness (QED) is 0.571. The van der Waals surface area contributed by atoms with Crippen molar-refractivity contribution in [3.05, 3.63) is 32.1 Å². The summed E-state index contributed by atoms with van der Waals surface area (Å²) in [7, 11) is -3.09. The van der Waals surface area contributed by atoms with Crippen molar-refractivity contribution in [3.8, 4) is 0 Å². The van der Waals surface area contributed by atoms with Gasteiger partial charge < -0.3 is 4.98 Å². The fourth-order valence-electron chi connectivity index (χ4n) is 1.65. The number of sulfone groups is 1. The molecule has 0 atom stereocenters. The van der Waals surface area contributed by atoms with Crippen LogP contribution < -0.4 is 11.2 Å². The van der Waals surface area contributed by atoms with E-state index in [4.69, 9.17) is 0 Å². The van der Waals surface area contributed by atoms with Gasteiger partial charge in [0, 0.05) is 17.7 Å². The maximum Gasteiger partial charge on any atom is 0.325 e. The van der Waals surface area contributed by atoms with E-state index in [1.165, 1.54) is 0 Å². The van der Waals surface area contributed by atoms with Crippen molar-refractivity contribution in [3.63, 3.8) is 0 Å². The Labute approximate surface area is 85.3 Å². The zero-order chi connectivity index (χ0) is 11.1. The Bertz CT molecular complexity index is 596. The number of aromatic amines is 2. The summed E-state index contributed by atoms with van der Waals surface area (Å²) in [5, 5.41) is 0. The summed E-state index contributed by atoms with van der Waals surface area (Å²) >= 11 is 0. The highest BCUT2D eigenvalue weighted by Gasteiger charge is 2.20. The molecule has 6 nitrogen and oxygen atoms in total. The molecule has 0 aliphatic carbocycles. The number of aryl methyl sites for hydroxylation is 1. The van der Waals surface area contributed by atoms with Crippen LogP contribution in [0.5, 0.6) is 0 Å². The van der Waals surface area contributed by atoms with Crippen molar-refractivity contribution < 1.29 is 8.42 Å². The molecule has 0 unspecified atom stereocenters. The Hall–Kier alpha value is -1.37. The highest BCUT2D eigenvalue weighted by molar-refractivity contribution is 7.91. The number of aromatic nitrogens is 2. The molecule has 1 aliphatic rings. The predicted molar refractivity (Wildman–Crippen MR) is 53.7 cm³/mol. The topological polar surface area (TPSA) is 99.9 Å². The molecule has 0 aromatic carbocycles. The van der Waals surface area contributed by atoms with Crippen molar-refractivity contribution in [1.82, 2.24) is 9.97 Å². The van der Waals surface area contributed by atoms with Gasteiger partial charge in [-0.3, -0.25) is 9.78 Å². The van der Waals surface area contributed by atoms with Crippen LogP contribution in [0.1, 0.15) is 11.3 Å². The molecule has 0 bridgehead atoms. The van der Waals surface area contributed by atoms with E-state index in [2.05, 4.69) is 9.97 Å². The first kappa shape index (κ1) is 10.2. The van der Waals surface area contributed by atoms with Crippen molar-refractivity contribution in [2.45, 2.75) is 12.8 Å². The van der Waals surface area contributed by atoms with Crippen molar-refractivity contribution in [2.24, 2.45) is 0 Å². The molecule has 82 valence electrons. The van der Waals surface area contributed by atoms with E-state index in [0.717, 1.165) is 0 Å². The molecule has 0 saturated carbocycles. The molecule has 0 fully saturated rings. The Balaban J connectivity index is 2.58. The minimum Gasteiger partial charge on any atom is -0.311 e. The SMILES string of the molecule is O=c1[nH]c2c(c(=O)[nH]1)CCS(=O)(=O)CC2. The highest BCUT2D eigenvalue weighted by atomic mass is 32.2. The standard InChI is InChI=1S/C8H10N2O4S/c11-7-5-1-3-15(13,14)4-2-6(5)9-8(12)10-7/h1-4H2,(H2,9,10,11,12). The Morgan fingerprint density at radius 3 is 2.40 bits per heavy atom. The van der Waals surface area contributed by atoms with Gasteiger partial charge in [0.2, 0.25) is 0 Å². The highest BCUT2D eigenvalue weighted by Crippen LogP contribution is 2.09. The lowest BCUT2D eigenvalue weighted by Crippen LogP contribution is -2.28. The third kappa shape index (κ3) is 2.01. The molecule has 0 spiro atoms. The number of H-pyrrole nitrogens is 2. The molecule has 7 heteroatoms. The molecule has 1 aliphatic heterocycles. The van der Waals surface area contributed by atoms with Gasteiger partial charge in [-0.15, -0.1) is 0 Å². The van der Waals surface area contributed by atoms with Gasteiger partial charge in [-0.25, -0.2) is 13.2 Å². The zero-order valence-electron chi connectivity index (χ0n) is 7.87. The number of hydrogen-bond acceptors (Lipinski definition) is 4. The summed E-state index contributed by atoms with van der Waals surface area (Å²) in [5.74, 6) is -0.0471. The minimum absolute atomic E-state index is 0.0145. The normalized spacial score (nSPS) is 19.2. The van der Waals surface area contributed by atoms with Crippen LogP contribution >= 0.6 is 0 Å². The van der Waals surface area contributed by atoms with Crippen LogP contribution in [0.4, 0.5) is 0 Å². The first-order valence-corrected chi connectivity index (χ1v) is 6.35. The molecule has 2 rings (SSSR count). The first-order valence-electron chi connectivity index (χ1n) is 4.53. The maximum atomic E-state index is 11.4. The third-order valence-corrected chi connectivity index (χ3v) is 4.11. The van der Waals surface area contributed by atoms with E-state index in [9.17, 15) is 18.0 Å². The van der Waals surface area contributed by atoms with Gasteiger partial charge in [0.1, 0.15) is 0 Å². The second kappa shape index (κ2) is 3.34. The summed E-state index contributed by atoms with van der Waals surface area (Å²) in [6.45, 7) is 0. The molecule has 1 aromatic rings. The summed E-state index contributed by atoms with van der Waals surface area (Å²) in [6.07, 6.45) is 0.376. The van der Waals surface area contributed by atoms with E-state index in [0.29, 0.717) is 11.3 Å². The average Bonchev–Trinajstić information content (AvgIpc) is 2.26. The summed E-state index contributed by atoms with van der Waals surface area (Å²) < 4.78 is 22.7. The van der Waals surface area contributed by atoms with E-state index in [1.54, 1.807) is 0 Å². The molecule has 0 saturated heterocycles. The molecule has 1 aromatic heterocycles. The monoisotopic (exact) mass is 230 g/mol. The van der Waals surface area contributed by atoms with Gasteiger partial charge in [0.15, 0.2) is 9.84 Å². The fraction of sp³-hybridized carbons (Fsp3) is 0.500. The van der Waals surface area contributed by atoms with Gasteiger partial charge in [0.25, 0.3) is 5.56 Å². The summed E-state index contributed by atoms with van der Waals surface area (Å²) in [6, 6.07) is 0. The van der Waals surface area contributed by atoms with E-state index < -0.39 is 21.1 Å². The fourth-order valence-corrected chi connectivity index (χ4v) is 2.89. The Morgan fingerprint density at radius 2 is 1.67 bits per heavy atom. The Kier molecular flexibility index (Phi) is 2.26. The van der Waals surface area contributed by atoms with Gasteiger partial charge in [0.05, 0.1) is 11.5 Å². The van der Waals surface area contributed by atoms with Crippen LogP contribution in [0.3, 0.4) is 0 Å². The van der Waals surface area contributed by atoms with E-state index in [-0.39, 0.29) is 24.3 Å². The smallest absolute Gasteiger partial charge is 0.311 e. The van der Waals surface area contributed by atoms with Crippen LogP contribution in [0.15, 0.2) is 9.59 Å². The second-order valence-electron chi connectivity index (χ2n) is 3.52. The van der Waals surface area contributed by atoms with Crippen LogP contribution in [0.25, 0.3) is 0 Å². The van der Waals surface area contributed by atoms with Crippen LogP contribution in [-0.2, 0) is 22.7 Å².